The third-order valence-electron chi connectivity index (χ3n) is 4.61. The zero-order valence-electron chi connectivity index (χ0n) is 18.4. The first kappa shape index (κ1) is 22.4. The highest BCUT2D eigenvalue weighted by atomic mass is 16.5. The van der Waals surface area contributed by atoms with Crippen molar-refractivity contribution in [3.8, 4) is 34.6 Å². The number of ether oxygens (including phenoxy) is 2. The predicted octanol–water partition coefficient (Wildman–Crippen LogP) is 2.58. The Morgan fingerprint density at radius 3 is 2.47 bits per heavy atom. The summed E-state index contributed by atoms with van der Waals surface area (Å²) in [5.74, 6) is 6.74. The number of carbonyl (C=O) groups is 2. The molecule has 0 atom stereocenters. The molecular weight excluding hydrogens is 408 g/mol. The largest absolute Gasteiger partial charge is 0.497 e. The number of methoxy groups -OCH3 is 2. The van der Waals surface area contributed by atoms with Crippen LogP contribution in [0.4, 0.5) is 0 Å². The molecule has 0 spiro atoms. The van der Waals surface area contributed by atoms with Gasteiger partial charge in [0, 0.05) is 30.8 Å². The maximum absolute atomic E-state index is 12.4. The Morgan fingerprint density at radius 2 is 1.81 bits per heavy atom. The Bertz CT molecular complexity index is 1170. The van der Waals surface area contributed by atoms with Gasteiger partial charge in [-0.3, -0.25) is 14.7 Å². The van der Waals surface area contributed by atoms with E-state index in [9.17, 15) is 9.59 Å². The number of benzene rings is 2. The lowest BCUT2D eigenvalue weighted by molar-refractivity contribution is 0.0827. The normalized spacial score (nSPS) is 10.0. The van der Waals surface area contributed by atoms with Gasteiger partial charge in [0.05, 0.1) is 26.5 Å². The number of nitrogens with one attached hydrogen (secondary N) is 2. The minimum absolute atomic E-state index is 0.0673. The van der Waals surface area contributed by atoms with E-state index in [0.29, 0.717) is 34.0 Å². The lowest BCUT2D eigenvalue weighted by Crippen LogP contribution is -2.23. The first-order valence-electron chi connectivity index (χ1n) is 9.79. The molecule has 1 aromatic heterocycles. The molecule has 2 N–H and O–H groups in total. The molecule has 3 rings (SSSR count). The molecule has 0 unspecified atom stereocenters. The molecule has 0 fully saturated rings. The Balaban J connectivity index is 1.62. The molecule has 32 heavy (non-hydrogen) atoms. The molecule has 3 aromatic rings. The Kier molecular flexibility index (Phi) is 7.13. The number of hydrogen-bond donors (Lipinski definition) is 2. The van der Waals surface area contributed by atoms with Crippen LogP contribution >= 0.6 is 0 Å². The fourth-order valence-corrected chi connectivity index (χ4v) is 2.91. The van der Waals surface area contributed by atoms with Gasteiger partial charge in [0.1, 0.15) is 17.2 Å². The lowest BCUT2D eigenvalue weighted by Gasteiger charge is -2.09. The van der Waals surface area contributed by atoms with Crippen LogP contribution in [0.15, 0.2) is 48.5 Å². The highest BCUT2D eigenvalue weighted by Gasteiger charge is 2.14. The van der Waals surface area contributed by atoms with Crippen molar-refractivity contribution in [1.29, 1.82) is 0 Å². The summed E-state index contributed by atoms with van der Waals surface area (Å²) in [6, 6.07) is 14.0. The van der Waals surface area contributed by atoms with Crippen LogP contribution in [-0.4, -0.2) is 61.8 Å². The SMILES string of the molecule is COc1ccc(OC)c(-c2cc(C(=O)NCC#Cc3ccc(C(=O)N(C)C)cc3)[nH]n2)c1. The van der Waals surface area contributed by atoms with Gasteiger partial charge in [-0.05, 0) is 48.5 Å². The number of aromatic amines is 1. The van der Waals surface area contributed by atoms with Crippen molar-refractivity contribution in [2.24, 2.45) is 0 Å². The van der Waals surface area contributed by atoms with Crippen molar-refractivity contribution in [2.75, 3.05) is 34.9 Å². The van der Waals surface area contributed by atoms with Crippen LogP contribution in [0.2, 0.25) is 0 Å². The Labute approximate surface area is 186 Å². The number of H-pyrrole nitrogens is 1. The van der Waals surface area contributed by atoms with Crippen LogP contribution < -0.4 is 14.8 Å². The number of hydrogen-bond acceptors (Lipinski definition) is 5. The summed E-state index contributed by atoms with van der Waals surface area (Å²) < 4.78 is 10.6. The Morgan fingerprint density at radius 1 is 1.06 bits per heavy atom. The molecule has 2 amide bonds. The molecule has 0 aliphatic rings. The molecular formula is C24H24N4O4. The van der Waals surface area contributed by atoms with Gasteiger partial charge in [-0.2, -0.15) is 5.10 Å². The Hall–Kier alpha value is -4.25. The first-order valence-corrected chi connectivity index (χ1v) is 9.79. The summed E-state index contributed by atoms with van der Waals surface area (Å²) in [5, 5.41) is 9.68. The maximum Gasteiger partial charge on any atom is 0.270 e. The van der Waals surface area contributed by atoms with Crippen LogP contribution in [0.25, 0.3) is 11.3 Å². The van der Waals surface area contributed by atoms with Gasteiger partial charge in [0.2, 0.25) is 0 Å². The number of aromatic nitrogens is 2. The average molecular weight is 432 g/mol. The van der Waals surface area contributed by atoms with Crippen molar-refractivity contribution in [3.63, 3.8) is 0 Å². The molecule has 8 nitrogen and oxygen atoms in total. The second-order valence-electron chi connectivity index (χ2n) is 6.99. The number of nitrogens with zero attached hydrogens (tertiary/aromatic N) is 2. The summed E-state index contributed by atoms with van der Waals surface area (Å²) in [5.41, 5.74) is 2.92. The van der Waals surface area contributed by atoms with Crippen LogP contribution in [-0.2, 0) is 0 Å². The summed E-state index contributed by atoms with van der Waals surface area (Å²) in [6.45, 7) is 0.161. The van der Waals surface area contributed by atoms with E-state index in [4.69, 9.17) is 9.47 Å². The molecule has 0 bridgehead atoms. The van der Waals surface area contributed by atoms with E-state index in [0.717, 1.165) is 5.56 Å². The van der Waals surface area contributed by atoms with Crippen LogP contribution in [0.5, 0.6) is 11.5 Å². The minimum atomic E-state index is -0.327. The van der Waals surface area contributed by atoms with E-state index in [1.54, 1.807) is 76.8 Å². The quantitative estimate of drug-likeness (QED) is 0.584. The predicted molar refractivity (Wildman–Crippen MR) is 121 cm³/mol. The van der Waals surface area contributed by atoms with Crippen LogP contribution in [0, 0.1) is 11.8 Å². The van der Waals surface area contributed by atoms with E-state index in [2.05, 4.69) is 27.4 Å². The average Bonchev–Trinajstić information content (AvgIpc) is 3.31. The highest BCUT2D eigenvalue weighted by Crippen LogP contribution is 2.32. The fraction of sp³-hybridized carbons (Fsp3) is 0.208. The summed E-state index contributed by atoms with van der Waals surface area (Å²) in [6.07, 6.45) is 0. The summed E-state index contributed by atoms with van der Waals surface area (Å²) in [7, 11) is 6.55. The van der Waals surface area contributed by atoms with E-state index in [1.807, 2.05) is 0 Å². The molecule has 164 valence electrons. The van der Waals surface area contributed by atoms with Crippen LogP contribution in [0.3, 0.4) is 0 Å². The fourth-order valence-electron chi connectivity index (χ4n) is 2.91. The maximum atomic E-state index is 12.4. The smallest absolute Gasteiger partial charge is 0.270 e. The van der Waals surface area contributed by atoms with Gasteiger partial charge >= 0.3 is 0 Å². The van der Waals surface area contributed by atoms with E-state index < -0.39 is 0 Å². The van der Waals surface area contributed by atoms with Crippen molar-refractivity contribution in [1.82, 2.24) is 20.4 Å². The standard InChI is InChI=1S/C24H24N4O4/c1-28(2)24(30)17-9-7-16(8-10-17)6-5-13-25-23(29)21-15-20(26-27-21)19-14-18(31-3)11-12-22(19)32-4/h7-12,14-15H,13H2,1-4H3,(H,25,29)(H,26,27). The van der Waals surface area contributed by atoms with Crippen molar-refractivity contribution in [2.45, 2.75) is 0 Å². The molecule has 0 radical (unpaired) electrons. The first-order chi connectivity index (χ1) is 15.4. The highest BCUT2D eigenvalue weighted by molar-refractivity contribution is 5.94. The zero-order valence-corrected chi connectivity index (χ0v) is 18.4. The molecule has 0 saturated heterocycles. The molecule has 2 aromatic carbocycles. The molecule has 0 saturated carbocycles. The second kappa shape index (κ2) is 10.2. The van der Waals surface area contributed by atoms with Gasteiger partial charge < -0.3 is 19.7 Å². The van der Waals surface area contributed by atoms with Crippen molar-refractivity contribution < 1.29 is 19.1 Å². The van der Waals surface area contributed by atoms with Crippen molar-refractivity contribution in [3.05, 3.63) is 65.4 Å². The third kappa shape index (κ3) is 5.26. The van der Waals surface area contributed by atoms with Gasteiger partial charge in [-0.25, -0.2) is 0 Å². The van der Waals surface area contributed by atoms with Crippen LogP contribution in [0.1, 0.15) is 26.4 Å². The molecule has 1 heterocycles. The van der Waals surface area contributed by atoms with Gasteiger partial charge in [0.25, 0.3) is 11.8 Å². The lowest BCUT2D eigenvalue weighted by atomic mass is 10.1. The number of rotatable bonds is 6. The summed E-state index contributed by atoms with van der Waals surface area (Å²) >= 11 is 0. The van der Waals surface area contributed by atoms with Crippen molar-refractivity contribution >= 4 is 11.8 Å². The van der Waals surface area contributed by atoms with Gasteiger partial charge in [0.15, 0.2) is 0 Å². The number of carbonyl (C=O) groups excluding carboxylic acids is 2. The molecule has 0 aliphatic carbocycles. The monoisotopic (exact) mass is 432 g/mol. The minimum Gasteiger partial charge on any atom is -0.497 e. The summed E-state index contributed by atoms with van der Waals surface area (Å²) in [4.78, 5) is 25.8. The van der Waals surface area contributed by atoms with E-state index in [-0.39, 0.29) is 18.4 Å². The van der Waals surface area contributed by atoms with Gasteiger partial charge in [-0.1, -0.05) is 11.8 Å². The van der Waals surface area contributed by atoms with Gasteiger partial charge in [-0.15, -0.1) is 0 Å². The van der Waals surface area contributed by atoms with E-state index in [1.165, 1.54) is 4.90 Å². The zero-order chi connectivity index (χ0) is 23.1. The third-order valence-corrected chi connectivity index (χ3v) is 4.61. The molecule has 0 aliphatic heterocycles. The number of amides is 2. The van der Waals surface area contributed by atoms with E-state index >= 15 is 0 Å². The molecule has 8 heteroatoms. The second-order valence-corrected chi connectivity index (χ2v) is 6.99. The topological polar surface area (TPSA) is 96.5 Å².